The number of ether oxygens (including phenoxy) is 2. The fourth-order valence-corrected chi connectivity index (χ4v) is 10.7. The number of rotatable bonds is 20. The van der Waals surface area contributed by atoms with Gasteiger partial charge in [-0.05, 0) is 88.6 Å². The number of methoxy groups -OCH3 is 1. The smallest absolute Gasteiger partial charge is 0.416 e. The van der Waals surface area contributed by atoms with Gasteiger partial charge >= 0.3 is 6.18 Å². The molecule has 3 amide bonds. The molecule has 0 bridgehead atoms. The lowest BCUT2D eigenvalue weighted by Crippen LogP contribution is -2.58. The summed E-state index contributed by atoms with van der Waals surface area (Å²) in [6.45, 7) is 14.8. The minimum atomic E-state index is -4.88. The van der Waals surface area contributed by atoms with Crippen LogP contribution in [0.4, 0.5) is 23.2 Å². The number of allylic oxidation sites excluding steroid dienone is 1. The van der Waals surface area contributed by atoms with E-state index in [-0.39, 0.29) is 37.4 Å². The maximum atomic E-state index is 15.0. The summed E-state index contributed by atoms with van der Waals surface area (Å²) in [5.74, 6) is -3.11. The number of aryl methyl sites for hydroxylation is 1. The highest BCUT2D eigenvalue weighted by atomic mass is 32.2. The van der Waals surface area contributed by atoms with Gasteiger partial charge in [-0.1, -0.05) is 38.8 Å². The quantitative estimate of drug-likeness (QED) is 0.0442. The molecule has 67 heavy (non-hydrogen) atoms. The molecule has 0 radical (unpaired) electrons. The number of nitrogens with zero attached hydrogens (tertiary/aromatic N) is 3. The molecule has 2 aromatic carbocycles. The predicted octanol–water partition coefficient (Wildman–Crippen LogP) is 8.98. The van der Waals surface area contributed by atoms with E-state index >= 15 is 4.79 Å². The molecule has 19 heteroatoms. The second-order valence-corrected chi connectivity index (χ2v) is 21.3. The van der Waals surface area contributed by atoms with Gasteiger partial charge in [-0.25, -0.2) is 22.8 Å². The number of pyridine rings is 1. The summed E-state index contributed by atoms with van der Waals surface area (Å²) >= 11 is 1.41. The molecule has 2 saturated carbocycles. The Labute approximate surface area is 391 Å². The molecule has 1 saturated heterocycles. The zero-order chi connectivity index (χ0) is 48.6. The number of hydrogen-bond acceptors (Lipinski definition) is 11. The number of carbonyl (C=O) groups excluding carboxylic acids is 3. The molecule has 360 valence electrons. The van der Waals surface area contributed by atoms with Crippen molar-refractivity contribution < 1.29 is 49.8 Å². The van der Waals surface area contributed by atoms with E-state index in [1.165, 1.54) is 29.2 Å². The highest BCUT2D eigenvalue weighted by molar-refractivity contribution is 7.91. The highest BCUT2D eigenvalue weighted by Gasteiger charge is 2.63. The van der Waals surface area contributed by atoms with Crippen LogP contribution >= 0.6 is 11.3 Å². The fourth-order valence-electron chi connectivity index (χ4n) is 8.46. The van der Waals surface area contributed by atoms with Crippen LogP contribution in [0.3, 0.4) is 0 Å². The Hall–Kier alpha value is -5.56. The first kappa shape index (κ1) is 49.3. The van der Waals surface area contributed by atoms with Crippen LogP contribution in [0, 0.1) is 18.7 Å². The molecule has 2 aromatic heterocycles. The topological polar surface area (TPSA) is 169 Å². The number of hydrogen-bond donors (Lipinski definition) is 3. The Kier molecular flexibility index (Phi) is 14.1. The van der Waals surface area contributed by atoms with E-state index in [2.05, 4.69) is 28.5 Å². The van der Waals surface area contributed by atoms with E-state index in [0.717, 1.165) is 29.8 Å². The Morgan fingerprint density at radius 1 is 1.06 bits per heavy atom. The first-order valence-electron chi connectivity index (χ1n) is 22.3. The average molecular weight is 969 g/mol. The third-order valence-corrected chi connectivity index (χ3v) is 16.0. The zero-order valence-electron chi connectivity index (χ0n) is 38.1. The number of halogens is 4. The molecule has 3 fully saturated rings. The van der Waals surface area contributed by atoms with Crippen LogP contribution in [0.1, 0.15) is 101 Å². The number of carbonyl (C=O) groups is 3. The lowest BCUT2D eigenvalue weighted by atomic mass is 10.0. The third-order valence-electron chi connectivity index (χ3n) is 13.0. The zero-order valence-corrected chi connectivity index (χ0v) is 39.7. The molecule has 3 heterocycles. The minimum absolute atomic E-state index is 0.0424. The number of nitrogens with one attached hydrogen (secondary N) is 3. The molecular formula is C48H56F4N6O7S2. The van der Waals surface area contributed by atoms with Crippen LogP contribution < -0.4 is 24.8 Å². The number of fused-ring (bicyclic) bond motifs is 1. The SMILES string of the molecule is C=CCCCCC[C@H](Nc1cc(F)cc(C(F)(F)F)c1)C(=O)N1C[C@H](Oc2cc(-c3nc(C(C)C)cs3)nc3c(C)c(OC)ccc23)C[C@H]1C(=O)N[C@]1(C(=O)NS(=O)(=O)C2(C)CC2)C[C@H]1C=C. The molecule has 0 spiro atoms. The van der Waals surface area contributed by atoms with Gasteiger partial charge in [0.1, 0.15) is 51.7 Å². The molecule has 7 rings (SSSR count). The number of likely N-dealkylation sites (tertiary alicyclic amines) is 1. The number of thiazole rings is 1. The lowest BCUT2D eigenvalue weighted by Gasteiger charge is -2.30. The van der Waals surface area contributed by atoms with E-state index in [0.29, 0.717) is 71.3 Å². The van der Waals surface area contributed by atoms with Crippen molar-refractivity contribution in [3.63, 3.8) is 0 Å². The monoisotopic (exact) mass is 968 g/mol. The van der Waals surface area contributed by atoms with Crippen LogP contribution in [-0.4, -0.2) is 83.1 Å². The van der Waals surface area contributed by atoms with Gasteiger partial charge in [-0.15, -0.1) is 24.5 Å². The standard InChI is InChI=1S/C48H56F4N6O7S2/c1-8-10-11-12-13-14-35(53-32-20-30(48(50,51)52)19-31(49)21-32)44(60)58-25-33(22-38(58)42(59)56-47(24-29(47)9-2)45(61)57-67(62,63)46(6)17-18-46)65-40-23-36(43-55-37(26-66-43)27(3)4)54-41-28(5)39(64-7)16-15-34(40)41/h8-9,15-16,19-21,23,26-27,29,33,35,38,53H,1-2,10-14,17-18,22,24-25H2,3-7H3,(H,56,59)(H,57,61)/t29-,33-,35+,38+,47-/m1/s1. The van der Waals surface area contributed by atoms with Crippen LogP contribution in [0.5, 0.6) is 11.5 Å². The van der Waals surface area contributed by atoms with Crippen molar-refractivity contribution in [1.29, 1.82) is 0 Å². The summed E-state index contributed by atoms with van der Waals surface area (Å²) in [5, 5.41) is 8.82. The second kappa shape index (κ2) is 19.2. The Morgan fingerprint density at radius 3 is 2.43 bits per heavy atom. The maximum absolute atomic E-state index is 15.0. The Morgan fingerprint density at radius 2 is 1.81 bits per heavy atom. The number of benzene rings is 2. The van der Waals surface area contributed by atoms with Gasteiger partial charge in [0.2, 0.25) is 21.8 Å². The van der Waals surface area contributed by atoms with Crippen molar-refractivity contribution in [1.82, 2.24) is 24.9 Å². The predicted molar refractivity (Wildman–Crippen MR) is 249 cm³/mol. The maximum Gasteiger partial charge on any atom is 0.416 e. The molecule has 13 nitrogen and oxygen atoms in total. The first-order valence-corrected chi connectivity index (χ1v) is 24.7. The van der Waals surface area contributed by atoms with Crippen LogP contribution in [0.15, 0.2) is 67.1 Å². The molecule has 1 aliphatic heterocycles. The van der Waals surface area contributed by atoms with Crippen LogP contribution in [-0.2, 0) is 30.6 Å². The van der Waals surface area contributed by atoms with Gasteiger partial charge in [0, 0.05) is 40.4 Å². The van der Waals surface area contributed by atoms with E-state index in [9.17, 15) is 35.6 Å². The number of anilines is 1. The van der Waals surface area contributed by atoms with Gasteiger partial charge in [0.25, 0.3) is 5.91 Å². The van der Waals surface area contributed by atoms with Crippen molar-refractivity contribution in [2.24, 2.45) is 5.92 Å². The van der Waals surface area contributed by atoms with Crippen molar-refractivity contribution in [2.75, 3.05) is 19.0 Å². The average Bonchev–Trinajstić information content (AvgIpc) is 4.06. The number of amides is 3. The van der Waals surface area contributed by atoms with E-state index in [1.807, 2.05) is 26.2 Å². The van der Waals surface area contributed by atoms with Crippen molar-refractivity contribution in [2.45, 2.75) is 126 Å². The first-order chi connectivity index (χ1) is 31.6. The fraction of sp³-hybridized carbons (Fsp3) is 0.479. The third kappa shape index (κ3) is 10.5. The number of sulfonamides is 1. The van der Waals surface area contributed by atoms with Crippen LogP contribution in [0.25, 0.3) is 21.6 Å². The lowest BCUT2D eigenvalue weighted by molar-refractivity contribution is -0.140. The molecule has 5 atom stereocenters. The molecule has 2 aliphatic carbocycles. The highest BCUT2D eigenvalue weighted by Crippen LogP contribution is 2.47. The largest absolute Gasteiger partial charge is 0.496 e. The Bertz CT molecular complexity index is 2690. The van der Waals surface area contributed by atoms with Crippen molar-refractivity contribution in [3.8, 4) is 22.2 Å². The van der Waals surface area contributed by atoms with E-state index in [4.69, 9.17) is 19.4 Å². The molecular weight excluding hydrogens is 913 g/mol. The second-order valence-electron chi connectivity index (χ2n) is 18.3. The Balaban J connectivity index is 1.26. The normalized spacial score (nSPS) is 21.4. The van der Waals surface area contributed by atoms with E-state index < -0.39 is 79.7 Å². The summed E-state index contributed by atoms with van der Waals surface area (Å²) in [5.41, 5.74) is -0.561. The van der Waals surface area contributed by atoms with Crippen molar-refractivity contribution in [3.05, 3.63) is 89.7 Å². The molecule has 3 N–H and O–H groups in total. The molecule has 0 unspecified atom stereocenters. The number of unbranched alkanes of at least 4 members (excludes halogenated alkanes) is 3. The van der Waals surface area contributed by atoms with Gasteiger partial charge in [0.15, 0.2) is 0 Å². The van der Waals surface area contributed by atoms with Gasteiger partial charge < -0.3 is 25.0 Å². The van der Waals surface area contributed by atoms with Gasteiger partial charge in [-0.2, -0.15) is 13.2 Å². The molecule has 4 aromatic rings. The summed E-state index contributed by atoms with van der Waals surface area (Å²) in [7, 11) is -2.56. The summed E-state index contributed by atoms with van der Waals surface area (Å²) in [6, 6.07) is 4.68. The number of aromatic nitrogens is 2. The van der Waals surface area contributed by atoms with Crippen LogP contribution in [0.2, 0.25) is 0 Å². The summed E-state index contributed by atoms with van der Waals surface area (Å²) in [4.78, 5) is 54.7. The van der Waals surface area contributed by atoms with Gasteiger partial charge in [0.05, 0.1) is 35.2 Å². The van der Waals surface area contributed by atoms with E-state index in [1.54, 1.807) is 31.4 Å². The summed E-state index contributed by atoms with van der Waals surface area (Å²) < 4.78 is 96.2. The van der Waals surface area contributed by atoms with Crippen molar-refractivity contribution >= 4 is 55.7 Å². The summed E-state index contributed by atoms with van der Waals surface area (Å²) in [6.07, 6.45) is 0.671. The van der Waals surface area contributed by atoms with Gasteiger partial charge in [-0.3, -0.25) is 19.1 Å². The minimum Gasteiger partial charge on any atom is -0.496 e. The molecule has 3 aliphatic rings. The number of alkyl halides is 3.